The Morgan fingerprint density at radius 3 is 2.57 bits per heavy atom. The fourth-order valence-electron chi connectivity index (χ4n) is 6.33. The Morgan fingerprint density at radius 1 is 1.19 bits per heavy atom. The number of H-pyrrole nitrogens is 1. The molecule has 0 unspecified atom stereocenters. The number of piperidine rings is 1. The molecule has 2 aromatic rings. The number of pyridine rings is 1. The monoisotopic (exact) mass is 600 g/mol. The summed E-state index contributed by atoms with van der Waals surface area (Å²) in [7, 11) is 1.39. The number of hydrogen-bond acceptors (Lipinski definition) is 6. The molecular formula is C27H30F6N6O3. The summed E-state index contributed by atoms with van der Waals surface area (Å²) in [5.41, 5.74) is -2.11. The second kappa shape index (κ2) is 9.85. The maximum absolute atomic E-state index is 14.8. The number of nitrogens with zero attached hydrogens (tertiary/aromatic N) is 4. The molecule has 9 nitrogen and oxygen atoms in total. The largest absolute Gasteiger partial charge is 0.481 e. The van der Waals surface area contributed by atoms with Crippen molar-refractivity contribution in [1.29, 1.82) is 0 Å². The van der Waals surface area contributed by atoms with Gasteiger partial charge in [0.05, 0.1) is 31.0 Å². The summed E-state index contributed by atoms with van der Waals surface area (Å²) in [4.78, 5) is 33.0. The molecule has 2 saturated heterocycles. The summed E-state index contributed by atoms with van der Waals surface area (Å²) in [5, 5.41) is 9.14. The van der Waals surface area contributed by atoms with Crippen LogP contribution < -0.4 is 10.1 Å². The lowest BCUT2D eigenvalue weighted by Crippen LogP contribution is -2.54. The molecule has 2 aliphatic heterocycles. The van der Waals surface area contributed by atoms with E-state index in [4.69, 9.17) is 4.74 Å². The lowest BCUT2D eigenvalue weighted by atomic mass is 9.87. The first-order chi connectivity index (χ1) is 19.8. The van der Waals surface area contributed by atoms with Crippen molar-refractivity contribution in [1.82, 2.24) is 30.3 Å². The number of aromatic amines is 1. The zero-order valence-corrected chi connectivity index (χ0v) is 22.7. The van der Waals surface area contributed by atoms with Gasteiger partial charge in [-0.1, -0.05) is 0 Å². The van der Waals surface area contributed by atoms with E-state index in [1.165, 1.54) is 19.2 Å². The highest BCUT2D eigenvalue weighted by atomic mass is 19.4. The Morgan fingerprint density at radius 2 is 1.93 bits per heavy atom. The number of nitrogens with one attached hydrogen (secondary N) is 2. The Kier molecular flexibility index (Phi) is 6.74. The van der Waals surface area contributed by atoms with E-state index in [1.54, 1.807) is 4.90 Å². The van der Waals surface area contributed by atoms with Gasteiger partial charge in [-0.2, -0.15) is 18.3 Å². The van der Waals surface area contributed by atoms with Crippen molar-refractivity contribution in [2.45, 2.75) is 62.2 Å². The number of aromatic nitrogens is 3. The molecule has 0 aromatic carbocycles. The summed E-state index contributed by atoms with van der Waals surface area (Å²) >= 11 is 0. The number of hydrogen-bond donors (Lipinski definition) is 2. The van der Waals surface area contributed by atoms with Gasteiger partial charge in [0.1, 0.15) is 6.04 Å². The van der Waals surface area contributed by atoms with Crippen molar-refractivity contribution < 1.29 is 40.7 Å². The Hall–Kier alpha value is -3.36. The molecule has 1 spiro atoms. The van der Waals surface area contributed by atoms with E-state index in [0.29, 0.717) is 12.8 Å². The van der Waals surface area contributed by atoms with E-state index in [-0.39, 0.29) is 61.6 Å². The standard InChI is InChI=1S/C27H30F6N6O3/c1-42-21-8-16(17(28)11-34-21)18-9-19(37-36-18)23(41)39-7-2-15(10-25(39)5-6-25)22(40)35-20-12-38(14-26(20,29)30)13-24(3-4-24)27(31,32)33/h8-9,11,15,20H,2-7,10,12-14H2,1H3,(H,35,40)(H,36,37)/t15-,20+/m0/s1. The molecule has 0 bridgehead atoms. The first kappa shape index (κ1) is 28.7. The van der Waals surface area contributed by atoms with Crippen LogP contribution in [-0.2, 0) is 4.79 Å². The number of carbonyl (C=O) groups is 2. The molecule has 2 atom stereocenters. The second-order valence-electron chi connectivity index (χ2n) is 12.0. The Bertz CT molecular complexity index is 1390. The highest BCUT2D eigenvalue weighted by Crippen LogP contribution is 2.58. The van der Waals surface area contributed by atoms with E-state index in [9.17, 15) is 35.9 Å². The Labute approximate surface area is 237 Å². The first-order valence-electron chi connectivity index (χ1n) is 13.8. The lowest BCUT2D eigenvalue weighted by molar-refractivity contribution is -0.191. The third-order valence-electron chi connectivity index (χ3n) is 9.15. The predicted molar refractivity (Wildman–Crippen MR) is 135 cm³/mol. The van der Waals surface area contributed by atoms with Crippen molar-refractivity contribution >= 4 is 11.8 Å². The molecule has 4 fully saturated rings. The van der Waals surface area contributed by atoms with Gasteiger partial charge in [0, 0.05) is 42.7 Å². The van der Waals surface area contributed by atoms with Crippen LogP contribution in [0.4, 0.5) is 26.3 Å². The minimum atomic E-state index is -4.45. The maximum Gasteiger partial charge on any atom is 0.395 e. The SMILES string of the molecule is COc1cc(-c2cc(C(=O)N3CC[C@H](C(=O)N[C@@H]4CN(CC5(C(F)(F)F)CC5)CC4(F)F)CC34CC4)n[nH]2)c(F)cn1. The minimum absolute atomic E-state index is 0.0623. The maximum atomic E-state index is 14.8. The van der Waals surface area contributed by atoms with Crippen LogP contribution in [0.3, 0.4) is 0 Å². The van der Waals surface area contributed by atoms with Crippen LogP contribution in [0.1, 0.15) is 49.0 Å². The molecule has 2 amide bonds. The fraction of sp³-hybridized carbons (Fsp3) is 0.630. The number of rotatable bonds is 7. The van der Waals surface area contributed by atoms with Crippen molar-refractivity contribution in [3.05, 3.63) is 29.8 Å². The molecular weight excluding hydrogens is 570 g/mol. The number of amides is 2. The van der Waals surface area contributed by atoms with Crippen LogP contribution in [0.15, 0.2) is 18.3 Å². The van der Waals surface area contributed by atoms with Gasteiger partial charge in [-0.15, -0.1) is 0 Å². The number of methoxy groups -OCH3 is 1. The molecule has 42 heavy (non-hydrogen) atoms. The first-order valence-corrected chi connectivity index (χ1v) is 13.8. The third-order valence-corrected chi connectivity index (χ3v) is 9.15. The van der Waals surface area contributed by atoms with Gasteiger partial charge in [-0.3, -0.25) is 19.6 Å². The van der Waals surface area contributed by atoms with Crippen LogP contribution in [0, 0.1) is 17.2 Å². The summed E-state index contributed by atoms with van der Waals surface area (Å²) in [5.74, 6) is -5.41. The van der Waals surface area contributed by atoms with Gasteiger partial charge < -0.3 is 15.0 Å². The van der Waals surface area contributed by atoms with Crippen LogP contribution in [0.5, 0.6) is 5.88 Å². The van der Waals surface area contributed by atoms with Gasteiger partial charge in [0.25, 0.3) is 11.8 Å². The summed E-state index contributed by atoms with van der Waals surface area (Å²) in [6, 6.07) is 1.21. The molecule has 2 aliphatic carbocycles. The van der Waals surface area contributed by atoms with Gasteiger partial charge in [-0.25, -0.2) is 18.2 Å². The molecule has 15 heteroatoms. The molecule has 6 rings (SSSR count). The number of ether oxygens (including phenoxy) is 1. The third kappa shape index (κ3) is 5.09. The van der Waals surface area contributed by atoms with E-state index in [1.807, 2.05) is 0 Å². The van der Waals surface area contributed by atoms with E-state index < -0.39 is 65.7 Å². The average Bonchev–Trinajstić information content (AvgIpc) is 3.81. The molecule has 2 N–H and O–H groups in total. The average molecular weight is 601 g/mol. The van der Waals surface area contributed by atoms with Crippen molar-refractivity contribution in [3.8, 4) is 17.1 Å². The molecule has 2 saturated carbocycles. The highest BCUT2D eigenvalue weighted by Gasteiger charge is 2.65. The number of carbonyl (C=O) groups excluding carboxylic acids is 2. The fourth-order valence-corrected chi connectivity index (χ4v) is 6.33. The van der Waals surface area contributed by atoms with E-state index >= 15 is 0 Å². The number of alkyl halides is 5. The van der Waals surface area contributed by atoms with Gasteiger partial charge in [0.2, 0.25) is 11.8 Å². The molecule has 4 aliphatic rings. The summed E-state index contributed by atoms with van der Waals surface area (Å²) < 4.78 is 89.0. The van der Waals surface area contributed by atoms with E-state index in [0.717, 1.165) is 11.1 Å². The van der Waals surface area contributed by atoms with E-state index in [2.05, 4.69) is 20.5 Å². The van der Waals surface area contributed by atoms with Crippen molar-refractivity contribution in [3.63, 3.8) is 0 Å². The lowest BCUT2D eigenvalue weighted by Gasteiger charge is -2.39. The van der Waals surface area contributed by atoms with Crippen LogP contribution in [0.2, 0.25) is 0 Å². The zero-order chi connectivity index (χ0) is 30.1. The van der Waals surface area contributed by atoms with Gasteiger partial charge in [0.15, 0.2) is 11.5 Å². The molecule has 2 aromatic heterocycles. The van der Waals surface area contributed by atoms with Gasteiger partial charge >= 0.3 is 6.18 Å². The van der Waals surface area contributed by atoms with Gasteiger partial charge in [-0.05, 0) is 44.6 Å². The number of halogens is 6. The predicted octanol–water partition coefficient (Wildman–Crippen LogP) is 3.78. The quantitative estimate of drug-likeness (QED) is 0.469. The van der Waals surface area contributed by atoms with Crippen molar-refractivity contribution in [2.24, 2.45) is 11.3 Å². The molecule has 228 valence electrons. The van der Waals surface area contributed by atoms with Crippen LogP contribution in [-0.4, -0.2) is 93.8 Å². The van der Waals surface area contributed by atoms with Crippen LogP contribution in [0.25, 0.3) is 11.3 Å². The topological polar surface area (TPSA) is 103 Å². The Balaban J connectivity index is 1.08. The second-order valence-corrected chi connectivity index (χ2v) is 12.0. The molecule has 4 heterocycles. The normalized spacial score (nSPS) is 25.8. The summed E-state index contributed by atoms with van der Waals surface area (Å²) in [6.45, 7) is -1.50. The van der Waals surface area contributed by atoms with Crippen LogP contribution >= 0.6 is 0 Å². The number of likely N-dealkylation sites (tertiary alicyclic amines) is 2. The zero-order valence-electron chi connectivity index (χ0n) is 22.7. The minimum Gasteiger partial charge on any atom is -0.481 e. The highest BCUT2D eigenvalue weighted by molar-refractivity contribution is 5.94. The molecule has 0 radical (unpaired) electrons. The van der Waals surface area contributed by atoms with Crippen molar-refractivity contribution in [2.75, 3.05) is 33.3 Å². The summed E-state index contributed by atoms with van der Waals surface area (Å²) in [6.07, 6.45) is -1.85. The smallest absolute Gasteiger partial charge is 0.395 e.